The molecule has 4 heteroatoms. The molecule has 0 rings (SSSR count). The molecule has 0 heterocycles. The molecule has 0 aliphatic carbocycles. The van der Waals surface area contributed by atoms with Crippen molar-refractivity contribution < 1.29 is 9.90 Å². The number of aliphatic hydroxyl groups is 1. The molecular weight excluding hydrogens is 192 g/mol. The van der Waals surface area contributed by atoms with E-state index in [9.17, 15) is 4.79 Å². The molecule has 2 atom stereocenters. The number of rotatable bonds is 5. The van der Waals surface area contributed by atoms with Crippen LogP contribution in [0.5, 0.6) is 0 Å². The second-order valence-corrected chi connectivity index (χ2v) is 5.16. The summed E-state index contributed by atoms with van der Waals surface area (Å²) in [6, 6.07) is 0.0132. The van der Waals surface area contributed by atoms with Crippen LogP contribution in [0.1, 0.15) is 41.0 Å². The van der Waals surface area contributed by atoms with Gasteiger partial charge in [0.25, 0.3) is 0 Å². The molecule has 0 aromatic heterocycles. The number of amides is 1. The van der Waals surface area contributed by atoms with E-state index >= 15 is 0 Å². The van der Waals surface area contributed by atoms with Crippen LogP contribution in [0, 0.1) is 0 Å². The van der Waals surface area contributed by atoms with E-state index in [1.807, 2.05) is 27.7 Å². The van der Waals surface area contributed by atoms with E-state index in [0.29, 0.717) is 13.0 Å². The van der Waals surface area contributed by atoms with Crippen LogP contribution in [0.3, 0.4) is 0 Å². The Kier molecular flexibility index (Phi) is 5.83. The normalized spacial score (nSPS) is 15.9. The molecule has 0 radical (unpaired) electrons. The van der Waals surface area contributed by atoms with Crippen molar-refractivity contribution in [3.05, 3.63) is 0 Å². The van der Waals surface area contributed by atoms with Crippen molar-refractivity contribution in [3.63, 3.8) is 0 Å². The second-order valence-electron chi connectivity index (χ2n) is 5.16. The number of hydrogen-bond acceptors (Lipinski definition) is 3. The van der Waals surface area contributed by atoms with Crippen molar-refractivity contribution in [3.8, 4) is 0 Å². The predicted octanol–water partition coefficient (Wildman–Crippen LogP) is 0.650. The number of hydrogen-bond donors (Lipinski definition) is 3. The van der Waals surface area contributed by atoms with E-state index in [1.165, 1.54) is 0 Å². The fraction of sp³-hybridized carbons (Fsp3) is 0.909. The smallest absolute Gasteiger partial charge is 0.234 e. The molecule has 4 nitrogen and oxygen atoms in total. The van der Waals surface area contributed by atoms with Crippen LogP contribution in [-0.2, 0) is 4.79 Å². The third-order valence-electron chi connectivity index (χ3n) is 1.88. The molecule has 0 saturated carbocycles. The highest BCUT2D eigenvalue weighted by Crippen LogP contribution is 1.98. The first-order chi connectivity index (χ1) is 6.70. The number of nitrogens with one attached hydrogen (secondary N) is 2. The number of aliphatic hydroxyl groups excluding tert-OH is 1. The summed E-state index contributed by atoms with van der Waals surface area (Å²) in [7, 11) is 0. The van der Waals surface area contributed by atoms with Crippen LogP contribution in [0.2, 0.25) is 0 Å². The number of carbonyl (C=O) groups is 1. The average Bonchev–Trinajstić information content (AvgIpc) is 1.97. The van der Waals surface area contributed by atoms with Crippen LogP contribution in [0.4, 0.5) is 0 Å². The highest BCUT2D eigenvalue weighted by atomic mass is 16.3. The largest absolute Gasteiger partial charge is 0.393 e. The molecule has 15 heavy (non-hydrogen) atoms. The van der Waals surface area contributed by atoms with Gasteiger partial charge in [0.05, 0.1) is 12.6 Å². The van der Waals surface area contributed by atoms with Crippen LogP contribution in [0.25, 0.3) is 0 Å². The lowest BCUT2D eigenvalue weighted by Crippen LogP contribution is -2.45. The minimum absolute atomic E-state index is 0.0132. The van der Waals surface area contributed by atoms with Gasteiger partial charge in [-0.3, -0.25) is 4.79 Å². The zero-order valence-electron chi connectivity index (χ0n) is 10.4. The fourth-order valence-corrected chi connectivity index (χ4v) is 1.24. The summed E-state index contributed by atoms with van der Waals surface area (Å²) in [6.07, 6.45) is 0.206. The molecule has 0 spiro atoms. The molecule has 0 bridgehead atoms. The van der Waals surface area contributed by atoms with Gasteiger partial charge < -0.3 is 15.7 Å². The first-order valence-corrected chi connectivity index (χ1v) is 5.43. The molecule has 0 aliphatic rings. The first-order valence-electron chi connectivity index (χ1n) is 5.43. The van der Waals surface area contributed by atoms with Gasteiger partial charge >= 0.3 is 0 Å². The maximum atomic E-state index is 11.4. The van der Waals surface area contributed by atoms with E-state index in [2.05, 4.69) is 10.6 Å². The highest BCUT2D eigenvalue weighted by Gasteiger charge is 2.13. The molecule has 0 aromatic carbocycles. The summed E-state index contributed by atoms with van der Waals surface area (Å²) in [6.45, 7) is 9.96. The maximum Gasteiger partial charge on any atom is 0.234 e. The third kappa shape index (κ3) is 9.69. The Hall–Kier alpha value is -0.610. The molecular formula is C11H24N2O2. The minimum atomic E-state index is -0.379. The SMILES string of the molecule is CC(O)CC(C)NC(=O)CNC(C)(C)C. The lowest BCUT2D eigenvalue weighted by atomic mass is 10.1. The Morgan fingerprint density at radius 2 is 1.87 bits per heavy atom. The van der Waals surface area contributed by atoms with Gasteiger partial charge in [-0.05, 0) is 41.0 Å². The first kappa shape index (κ1) is 14.4. The summed E-state index contributed by atoms with van der Waals surface area (Å²) < 4.78 is 0. The van der Waals surface area contributed by atoms with E-state index in [1.54, 1.807) is 6.92 Å². The average molecular weight is 216 g/mol. The van der Waals surface area contributed by atoms with Crippen LogP contribution in [-0.4, -0.2) is 35.2 Å². The zero-order chi connectivity index (χ0) is 12.1. The number of carbonyl (C=O) groups excluding carboxylic acids is 1. The Balaban J connectivity index is 3.74. The van der Waals surface area contributed by atoms with Crippen molar-refractivity contribution in [1.29, 1.82) is 0 Å². The van der Waals surface area contributed by atoms with Crippen LogP contribution >= 0.6 is 0 Å². The van der Waals surface area contributed by atoms with E-state index in [0.717, 1.165) is 0 Å². The minimum Gasteiger partial charge on any atom is -0.393 e. The van der Waals surface area contributed by atoms with Crippen molar-refractivity contribution in [1.82, 2.24) is 10.6 Å². The molecule has 1 amide bonds. The Morgan fingerprint density at radius 1 is 1.33 bits per heavy atom. The van der Waals surface area contributed by atoms with E-state index in [4.69, 9.17) is 5.11 Å². The summed E-state index contributed by atoms with van der Waals surface area (Å²) in [5.74, 6) is -0.0296. The molecule has 0 saturated heterocycles. The lowest BCUT2D eigenvalue weighted by molar-refractivity contribution is -0.121. The van der Waals surface area contributed by atoms with Gasteiger partial charge in [-0.15, -0.1) is 0 Å². The summed E-state index contributed by atoms with van der Waals surface area (Å²) in [5, 5.41) is 15.1. The molecule has 90 valence electrons. The standard InChI is InChI=1S/C11H24N2O2/c1-8(6-9(2)14)13-10(15)7-12-11(3,4)5/h8-9,12,14H,6-7H2,1-5H3,(H,13,15). The molecule has 0 fully saturated rings. The predicted molar refractivity (Wildman–Crippen MR) is 61.7 cm³/mol. The molecule has 3 N–H and O–H groups in total. The Morgan fingerprint density at radius 3 is 2.27 bits per heavy atom. The lowest BCUT2D eigenvalue weighted by Gasteiger charge is -2.21. The van der Waals surface area contributed by atoms with Crippen molar-refractivity contribution in [2.75, 3.05) is 6.54 Å². The topological polar surface area (TPSA) is 61.4 Å². The van der Waals surface area contributed by atoms with Gasteiger partial charge in [0.15, 0.2) is 0 Å². The second kappa shape index (κ2) is 6.08. The van der Waals surface area contributed by atoms with Crippen LogP contribution in [0.15, 0.2) is 0 Å². The van der Waals surface area contributed by atoms with Gasteiger partial charge in [-0.2, -0.15) is 0 Å². The molecule has 0 aliphatic heterocycles. The van der Waals surface area contributed by atoms with Gasteiger partial charge in [-0.25, -0.2) is 0 Å². The summed E-state index contributed by atoms with van der Waals surface area (Å²) in [5.41, 5.74) is -0.0507. The molecule has 0 aromatic rings. The van der Waals surface area contributed by atoms with Crippen LogP contribution < -0.4 is 10.6 Å². The maximum absolute atomic E-state index is 11.4. The quantitative estimate of drug-likeness (QED) is 0.632. The Labute approximate surface area is 92.4 Å². The van der Waals surface area contributed by atoms with Gasteiger partial charge in [0, 0.05) is 11.6 Å². The zero-order valence-corrected chi connectivity index (χ0v) is 10.4. The fourth-order valence-electron chi connectivity index (χ4n) is 1.24. The third-order valence-corrected chi connectivity index (χ3v) is 1.88. The molecule has 2 unspecified atom stereocenters. The highest BCUT2D eigenvalue weighted by molar-refractivity contribution is 5.78. The van der Waals surface area contributed by atoms with Gasteiger partial charge in [-0.1, -0.05) is 0 Å². The van der Waals surface area contributed by atoms with Crippen molar-refractivity contribution in [2.45, 2.75) is 58.7 Å². The van der Waals surface area contributed by atoms with E-state index < -0.39 is 0 Å². The van der Waals surface area contributed by atoms with E-state index in [-0.39, 0.29) is 23.6 Å². The van der Waals surface area contributed by atoms with Gasteiger partial charge in [0.2, 0.25) is 5.91 Å². The summed E-state index contributed by atoms with van der Waals surface area (Å²) >= 11 is 0. The summed E-state index contributed by atoms with van der Waals surface area (Å²) in [4.78, 5) is 11.4. The van der Waals surface area contributed by atoms with Gasteiger partial charge in [0.1, 0.15) is 0 Å². The van der Waals surface area contributed by atoms with Crippen molar-refractivity contribution >= 4 is 5.91 Å². The Bertz CT molecular complexity index is 197. The monoisotopic (exact) mass is 216 g/mol. The van der Waals surface area contributed by atoms with Crippen molar-refractivity contribution in [2.24, 2.45) is 0 Å².